The summed E-state index contributed by atoms with van der Waals surface area (Å²) in [6, 6.07) is 2.33. The molecule has 4 nitrogen and oxygen atoms in total. The van der Waals surface area contributed by atoms with E-state index in [2.05, 4.69) is 23.8 Å². The number of hydrogen-bond acceptors (Lipinski definition) is 3. The molecule has 0 aliphatic carbocycles. The zero-order chi connectivity index (χ0) is 10.8. The number of hydrogen-bond donors (Lipinski definition) is 1. The van der Waals surface area contributed by atoms with Crippen molar-refractivity contribution in [3.05, 3.63) is 6.07 Å². The zero-order valence-electron chi connectivity index (χ0n) is 9.61. The van der Waals surface area contributed by atoms with Crippen LogP contribution in [-0.2, 0) is 0 Å². The Morgan fingerprint density at radius 3 is 2.47 bits per heavy atom. The van der Waals surface area contributed by atoms with Crippen LogP contribution in [0.1, 0.15) is 39.2 Å². The Morgan fingerprint density at radius 2 is 1.93 bits per heavy atom. The second-order valence-electron chi connectivity index (χ2n) is 4.51. The maximum Gasteiger partial charge on any atom is 0.152 e. The highest BCUT2D eigenvalue weighted by Crippen LogP contribution is 2.22. The first-order chi connectivity index (χ1) is 7.18. The SMILES string of the molecule is CC(C)n1nc(N2CCCCC2)cc1N. The molecule has 1 aliphatic rings. The molecule has 15 heavy (non-hydrogen) atoms. The van der Waals surface area contributed by atoms with Gasteiger partial charge in [0.15, 0.2) is 5.82 Å². The van der Waals surface area contributed by atoms with E-state index < -0.39 is 0 Å². The largest absolute Gasteiger partial charge is 0.384 e. The van der Waals surface area contributed by atoms with Gasteiger partial charge in [-0.15, -0.1) is 0 Å². The van der Waals surface area contributed by atoms with Gasteiger partial charge in [-0.3, -0.25) is 0 Å². The molecule has 1 fully saturated rings. The summed E-state index contributed by atoms with van der Waals surface area (Å²) in [6.45, 7) is 6.44. The molecule has 2 N–H and O–H groups in total. The molecule has 4 heteroatoms. The molecular formula is C11H20N4. The number of aromatic nitrogens is 2. The first-order valence-corrected chi connectivity index (χ1v) is 5.78. The Labute approximate surface area is 91.1 Å². The maximum absolute atomic E-state index is 5.92. The van der Waals surface area contributed by atoms with E-state index in [-0.39, 0.29) is 0 Å². The van der Waals surface area contributed by atoms with Crippen LogP contribution in [-0.4, -0.2) is 22.9 Å². The highest BCUT2D eigenvalue weighted by Gasteiger charge is 2.15. The lowest BCUT2D eigenvalue weighted by Gasteiger charge is -2.26. The fourth-order valence-corrected chi connectivity index (χ4v) is 2.09. The summed E-state index contributed by atoms with van der Waals surface area (Å²) in [5.41, 5.74) is 5.92. The van der Waals surface area contributed by atoms with Crippen molar-refractivity contribution in [2.75, 3.05) is 23.7 Å². The third-order valence-electron chi connectivity index (χ3n) is 2.92. The predicted molar refractivity (Wildman–Crippen MR) is 63.1 cm³/mol. The molecule has 1 aromatic heterocycles. The normalized spacial score (nSPS) is 17.4. The summed E-state index contributed by atoms with van der Waals surface area (Å²) in [6.07, 6.45) is 3.89. The molecule has 2 rings (SSSR count). The fourth-order valence-electron chi connectivity index (χ4n) is 2.09. The van der Waals surface area contributed by atoms with Crippen LogP contribution in [0.25, 0.3) is 0 Å². The van der Waals surface area contributed by atoms with E-state index in [4.69, 9.17) is 5.73 Å². The van der Waals surface area contributed by atoms with Crippen LogP contribution < -0.4 is 10.6 Å². The fraction of sp³-hybridized carbons (Fsp3) is 0.727. The van der Waals surface area contributed by atoms with Crippen LogP contribution in [0.5, 0.6) is 0 Å². The second-order valence-corrected chi connectivity index (χ2v) is 4.51. The molecule has 1 aromatic rings. The van der Waals surface area contributed by atoms with Crippen molar-refractivity contribution in [1.82, 2.24) is 9.78 Å². The average Bonchev–Trinajstić information content (AvgIpc) is 2.62. The number of rotatable bonds is 2. The standard InChI is InChI=1S/C11H20N4/c1-9(2)15-10(12)8-11(13-15)14-6-4-3-5-7-14/h8-9H,3-7,12H2,1-2H3. The van der Waals surface area contributed by atoms with Gasteiger partial charge in [0.2, 0.25) is 0 Å². The number of anilines is 2. The van der Waals surface area contributed by atoms with E-state index in [9.17, 15) is 0 Å². The van der Waals surface area contributed by atoms with Crippen LogP contribution in [0, 0.1) is 0 Å². The van der Waals surface area contributed by atoms with Gasteiger partial charge >= 0.3 is 0 Å². The molecule has 0 atom stereocenters. The molecule has 0 bridgehead atoms. The summed E-state index contributed by atoms with van der Waals surface area (Å²) in [7, 11) is 0. The molecule has 0 unspecified atom stereocenters. The molecule has 0 spiro atoms. The molecule has 1 saturated heterocycles. The molecule has 84 valence electrons. The number of nitrogen functional groups attached to an aromatic ring is 1. The molecule has 0 radical (unpaired) electrons. The van der Waals surface area contributed by atoms with Crippen molar-refractivity contribution < 1.29 is 0 Å². The molecule has 0 aromatic carbocycles. The van der Waals surface area contributed by atoms with Crippen molar-refractivity contribution in [3.63, 3.8) is 0 Å². The second kappa shape index (κ2) is 4.13. The van der Waals surface area contributed by atoms with Gasteiger partial charge in [0.25, 0.3) is 0 Å². The summed E-state index contributed by atoms with van der Waals surface area (Å²) < 4.78 is 1.89. The van der Waals surface area contributed by atoms with Gasteiger partial charge in [0.1, 0.15) is 5.82 Å². The monoisotopic (exact) mass is 208 g/mol. The molecule has 1 aliphatic heterocycles. The maximum atomic E-state index is 5.92. The Morgan fingerprint density at radius 1 is 1.27 bits per heavy atom. The van der Waals surface area contributed by atoms with Gasteiger partial charge in [0.05, 0.1) is 0 Å². The topological polar surface area (TPSA) is 47.1 Å². The van der Waals surface area contributed by atoms with Gasteiger partial charge in [-0.1, -0.05) is 0 Å². The van der Waals surface area contributed by atoms with Crippen molar-refractivity contribution in [3.8, 4) is 0 Å². The lowest BCUT2D eigenvalue weighted by atomic mass is 10.1. The van der Waals surface area contributed by atoms with Gasteiger partial charge < -0.3 is 10.6 Å². The van der Waals surface area contributed by atoms with Crippen LogP contribution in [0.15, 0.2) is 6.07 Å². The predicted octanol–water partition coefficient (Wildman–Crippen LogP) is 2.04. The van der Waals surface area contributed by atoms with Gasteiger partial charge in [-0.25, -0.2) is 4.68 Å². The number of nitrogens with zero attached hydrogens (tertiary/aromatic N) is 3. The third kappa shape index (κ3) is 2.08. The van der Waals surface area contributed by atoms with Gasteiger partial charge in [-0.2, -0.15) is 5.10 Å². The minimum absolute atomic E-state index is 0.337. The first-order valence-electron chi connectivity index (χ1n) is 5.78. The first kappa shape index (κ1) is 10.3. The van der Waals surface area contributed by atoms with Crippen LogP contribution in [0.4, 0.5) is 11.6 Å². The quantitative estimate of drug-likeness (QED) is 0.809. The van der Waals surface area contributed by atoms with E-state index in [0.717, 1.165) is 24.7 Å². The smallest absolute Gasteiger partial charge is 0.152 e. The summed E-state index contributed by atoms with van der Waals surface area (Å²) >= 11 is 0. The minimum Gasteiger partial charge on any atom is -0.384 e. The lowest BCUT2D eigenvalue weighted by Crippen LogP contribution is -2.29. The van der Waals surface area contributed by atoms with Crippen molar-refractivity contribution >= 4 is 11.6 Å². The van der Waals surface area contributed by atoms with E-state index in [1.807, 2.05) is 10.7 Å². The van der Waals surface area contributed by atoms with Crippen molar-refractivity contribution in [2.24, 2.45) is 0 Å². The summed E-state index contributed by atoms with van der Waals surface area (Å²) in [5, 5.41) is 4.55. The molecular weight excluding hydrogens is 188 g/mol. The highest BCUT2D eigenvalue weighted by atomic mass is 15.4. The molecule has 2 heterocycles. The van der Waals surface area contributed by atoms with Crippen LogP contribution in [0.3, 0.4) is 0 Å². The van der Waals surface area contributed by atoms with Crippen LogP contribution >= 0.6 is 0 Å². The van der Waals surface area contributed by atoms with E-state index >= 15 is 0 Å². The zero-order valence-corrected chi connectivity index (χ0v) is 9.61. The Kier molecular flexibility index (Phi) is 2.84. The highest BCUT2D eigenvalue weighted by molar-refractivity contribution is 5.48. The number of piperidine rings is 1. The van der Waals surface area contributed by atoms with Crippen molar-refractivity contribution in [1.29, 1.82) is 0 Å². The van der Waals surface area contributed by atoms with E-state index in [1.165, 1.54) is 19.3 Å². The average molecular weight is 208 g/mol. The third-order valence-corrected chi connectivity index (χ3v) is 2.92. The number of nitrogens with two attached hydrogens (primary N) is 1. The van der Waals surface area contributed by atoms with Gasteiger partial charge in [-0.05, 0) is 33.1 Å². The summed E-state index contributed by atoms with van der Waals surface area (Å²) in [4.78, 5) is 2.33. The Bertz CT molecular complexity index is 323. The van der Waals surface area contributed by atoms with Crippen LogP contribution in [0.2, 0.25) is 0 Å². The van der Waals surface area contributed by atoms with Crippen molar-refractivity contribution in [2.45, 2.75) is 39.2 Å². The van der Waals surface area contributed by atoms with Gasteiger partial charge in [0, 0.05) is 25.2 Å². The molecule has 0 saturated carbocycles. The van der Waals surface area contributed by atoms with E-state index in [1.54, 1.807) is 0 Å². The van der Waals surface area contributed by atoms with E-state index in [0.29, 0.717) is 6.04 Å². The minimum atomic E-state index is 0.337. The Hall–Kier alpha value is -1.19. The molecule has 0 amide bonds. The Balaban J connectivity index is 2.17. The summed E-state index contributed by atoms with van der Waals surface area (Å²) in [5.74, 6) is 1.81. The lowest BCUT2D eigenvalue weighted by molar-refractivity contribution is 0.528.